The minimum absolute atomic E-state index is 0.342. The van der Waals surface area contributed by atoms with Crippen LogP contribution in [0.5, 0.6) is 0 Å². The summed E-state index contributed by atoms with van der Waals surface area (Å²) in [5, 5.41) is 8.41. The monoisotopic (exact) mass is 481 g/mol. The number of nitrogens with two attached hydrogens (primary N) is 1. The van der Waals surface area contributed by atoms with Crippen molar-refractivity contribution in [2.24, 2.45) is 16.6 Å². The molecule has 1 aromatic carbocycles. The molecule has 18 heteroatoms. The Morgan fingerprint density at radius 1 is 1.11 bits per heavy atom. The average Bonchev–Trinajstić information content (AvgIpc) is 2.87. The van der Waals surface area contributed by atoms with Gasteiger partial charge in [0.1, 0.15) is 0 Å². The summed E-state index contributed by atoms with van der Waals surface area (Å²) in [5.74, 6) is 0. The van der Waals surface area contributed by atoms with Gasteiger partial charge in [-0.3, -0.25) is 4.72 Å². The standard InChI is InChI=1S/C10H10F3N5O6S4/c1-18-8(25-9(15-18)26(14,19)20)17-27(21,22)7-4-2-6(3-5-7)16-28(23,24)10(11,12)13/h2-5,16H,1H3,(H2,14,19,20)/b17-8+. The van der Waals surface area contributed by atoms with Gasteiger partial charge < -0.3 is 0 Å². The molecule has 156 valence electrons. The number of aryl methyl sites for hydroxylation is 1. The molecule has 0 saturated carbocycles. The van der Waals surface area contributed by atoms with Gasteiger partial charge in [0.25, 0.3) is 20.0 Å². The lowest BCUT2D eigenvalue weighted by Crippen LogP contribution is -2.29. The number of nitrogens with one attached hydrogen (secondary N) is 1. The largest absolute Gasteiger partial charge is 0.516 e. The van der Waals surface area contributed by atoms with E-state index < -0.39 is 50.5 Å². The Labute approximate surface area is 160 Å². The molecule has 0 aliphatic heterocycles. The zero-order chi connectivity index (χ0) is 21.5. The molecule has 0 atom stereocenters. The smallest absolute Gasteiger partial charge is 0.276 e. The fraction of sp³-hybridized carbons (Fsp3) is 0.200. The summed E-state index contributed by atoms with van der Waals surface area (Å²) >= 11 is 0.378. The van der Waals surface area contributed by atoms with Crippen LogP contribution in [0.3, 0.4) is 0 Å². The fourth-order valence-corrected chi connectivity index (χ4v) is 4.92. The zero-order valence-corrected chi connectivity index (χ0v) is 16.7. The molecule has 0 radical (unpaired) electrons. The number of sulfonamides is 3. The second-order valence-corrected chi connectivity index (χ2v) is 10.9. The van der Waals surface area contributed by atoms with Gasteiger partial charge in [-0.1, -0.05) is 11.3 Å². The molecule has 0 aliphatic rings. The quantitative estimate of drug-likeness (QED) is 0.589. The minimum atomic E-state index is -5.67. The molecule has 0 aliphatic carbocycles. The van der Waals surface area contributed by atoms with Crippen molar-refractivity contribution in [3.8, 4) is 0 Å². The Balaban J connectivity index is 2.40. The summed E-state index contributed by atoms with van der Waals surface area (Å²) in [5.41, 5.74) is -6.08. The number of primary sulfonamides is 1. The number of hydrogen-bond acceptors (Lipinski definition) is 8. The normalized spacial score (nSPS) is 14.2. The third-order valence-corrected chi connectivity index (χ3v) is 7.66. The molecule has 1 heterocycles. The molecule has 11 nitrogen and oxygen atoms in total. The molecule has 2 aromatic rings. The number of benzene rings is 1. The summed E-state index contributed by atoms with van der Waals surface area (Å²) in [4.78, 5) is -0.834. The van der Waals surface area contributed by atoms with E-state index in [1.165, 1.54) is 11.8 Å². The minimum Gasteiger partial charge on any atom is -0.276 e. The lowest BCUT2D eigenvalue weighted by molar-refractivity contribution is -0.0429. The Hall–Kier alpha value is -2.02. The van der Waals surface area contributed by atoms with Crippen molar-refractivity contribution in [1.82, 2.24) is 9.78 Å². The lowest BCUT2D eigenvalue weighted by Gasteiger charge is -2.10. The van der Waals surface area contributed by atoms with Crippen molar-refractivity contribution >= 4 is 47.1 Å². The van der Waals surface area contributed by atoms with Crippen LogP contribution < -0.4 is 14.7 Å². The maximum Gasteiger partial charge on any atom is 0.516 e. The molecular formula is C10H10F3N5O6S4. The van der Waals surface area contributed by atoms with E-state index in [0.717, 1.165) is 28.9 Å². The van der Waals surface area contributed by atoms with Crippen LogP contribution in [0.25, 0.3) is 0 Å². The number of anilines is 1. The van der Waals surface area contributed by atoms with Gasteiger partial charge in [0.05, 0.1) is 4.90 Å². The van der Waals surface area contributed by atoms with Crippen molar-refractivity contribution < 1.29 is 38.4 Å². The molecule has 0 saturated heterocycles. The summed E-state index contributed by atoms with van der Waals surface area (Å²) < 4.78 is 111. The molecule has 0 amide bonds. The molecular weight excluding hydrogens is 471 g/mol. The van der Waals surface area contributed by atoms with Crippen LogP contribution in [0.15, 0.2) is 37.9 Å². The van der Waals surface area contributed by atoms with Crippen LogP contribution in [0.4, 0.5) is 18.9 Å². The van der Waals surface area contributed by atoms with Gasteiger partial charge in [-0.25, -0.2) is 18.2 Å². The molecule has 0 spiro atoms. The number of aromatic nitrogens is 2. The van der Waals surface area contributed by atoms with Gasteiger partial charge in [0, 0.05) is 12.7 Å². The third kappa shape index (κ3) is 4.87. The van der Waals surface area contributed by atoms with Crippen molar-refractivity contribution in [2.75, 3.05) is 4.72 Å². The van der Waals surface area contributed by atoms with Crippen LogP contribution in [-0.2, 0) is 37.1 Å². The molecule has 0 unspecified atom stereocenters. The van der Waals surface area contributed by atoms with Crippen molar-refractivity contribution in [1.29, 1.82) is 0 Å². The van der Waals surface area contributed by atoms with Gasteiger partial charge in [0.15, 0.2) is 0 Å². The SMILES string of the molecule is Cn1nc(S(N)(=O)=O)s/c1=N/S(=O)(=O)c1ccc(NS(=O)(=O)C(F)(F)F)cc1. The van der Waals surface area contributed by atoms with Gasteiger partial charge in [-0.05, 0) is 24.3 Å². The fourth-order valence-electron chi connectivity index (χ4n) is 1.59. The summed E-state index contributed by atoms with van der Waals surface area (Å²) in [6.07, 6.45) is 0. The maximum atomic E-state index is 12.3. The number of hydrogen-bond donors (Lipinski definition) is 2. The van der Waals surface area contributed by atoms with E-state index in [1.807, 2.05) is 0 Å². The van der Waals surface area contributed by atoms with Gasteiger partial charge in [-0.2, -0.15) is 30.0 Å². The van der Waals surface area contributed by atoms with Gasteiger partial charge in [-0.15, -0.1) is 9.50 Å². The zero-order valence-electron chi connectivity index (χ0n) is 13.4. The second kappa shape index (κ2) is 7.10. The van der Waals surface area contributed by atoms with E-state index in [0.29, 0.717) is 11.3 Å². The Morgan fingerprint density at radius 2 is 1.64 bits per heavy atom. The van der Waals surface area contributed by atoms with E-state index in [9.17, 15) is 38.4 Å². The van der Waals surface area contributed by atoms with E-state index in [2.05, 4.69) is 9.50 Å². The van der Waals surface area contributed by atoms with E-state index >= 15 is 0 Å². The third-order valence-electron chi connectivity index (χ3n) is 2.84. The average molecular weight is 481 g/mol. The van der Waals surface area contributed by atoms with Crippen molar-refractivity contribution in [3.05, 3.63) is 29.1 Å². The highest BCUT2D eigenvalue weighted by molar-refractivity contribution is 7.93. The first-order valence-electron chi connectivity index (χ1n) is 6.60. The Bertz CT molecular complexity index is 1270. The predicted octanol–water partition coefficient (Wildman–Crippen LogP) is -0.320. The number of halogens is 3. The predicted molar refractivity (Wildman–Crippen MR) is 90.2 cm³/mol. The van der Waals surface area contributed by atoms with Gasteiger partial charge in [0.2, 0.25) is 9.14 Å². The van der Waals surface area contributed by atoms with Crippen LogP contribution in [0.1, 0.15) is 0 Å². The first-order valence-corrected chi connectivity index (χ1v) is 11.9. The number of alkyl halides is 3. The van der Waals surface area contributed by atoms with E-state index in [1.54, 1.807) is 0 Å². The van der Waals surface area contributed by atoms with Crippen molar-refractivity contribution in [3.63, 3.8) is 0 Å². The van der Waals surface area contributed by atoms with E-state index in [-0.39, 0.29) is 4.80 Å². The highest BCUT2D eigenvalue weighted by Gasteiger charge is 2.46. The second-order valence-electron chi connectivity index (χ2n) is 4.96. The number of rotatable bonds is 5. The first kappa shape index (κ1) is 22.3. The molecule has 0 fully saturated rings. The Kier molecular flexibility index (Phi) is 5.65. The van der Waals surface area contributed by atoms with Crippen LogP contribution >= 0.6 is 11.3 Å². The molecule has 0 bridgehead atoms. The highest BCUT2D eigenvalue weighted by Crippen LogP contribution is 2.26. The Morgan fingerprint density at radius 3 is 2.07 bits per heavy atom. The molecule has 3 N–H and O–H groups in total. The summed E-state index contributed by atoms with van der Waals surface area (Å²) in [7, 11) is -13.1. The molecule has 1 aromatic heterocycles. The van der Waals surface area contributed by atoms with Crippen LogP contribution in [0.2, 0.25) is 0 Å². The topological polar surface area (TPSA) is 171 Å². The highest BCUT2D eigenvalue weighted by atomic mass is 32.2. The number of nitrogens with zero attached hydrogens (tertiary/aromatic N) is 3. The summed E-state index contributed by atoms with van der Waals surface area (Å²) in [6.45, 7) is 0. The van der Waals surface area contributed by atoms with E-state index in [4.69, 9.17) is 5.14 Å². The lowest BCUT2D eigenvalue weighted by atomic mass is 10.3. The van der Waals surface area contributed by atoms with Crippen LogP contribution in [-0.4, -0.2) is 40.5 Å². The summed E-state index contributed by atoms with van der Waals surface area (Å²) in [6, 6.07) is 3.20. The van der Waals surface area contributed by atoms with Crippen LogP contribution in [0, 0.1) is 0 Å². The first-order chi connectivity index (χ1) is 12.5. The molecule has 2 rings (SSSR count). The van der Waals surface area contributed by atoms with Crippen molar-refractivity contribution in [2.45, 2.75) is 14.7 Å². The van der Waals surface area contributed by atoms with Gasteiger partial charge >= 0.3 is 15.5 Å². The molecule has 28 heavy (non-hydrogen) atoms. The maximum absolute atomic E-state index is 12.3.